The number of rotatable bonds is 48. The molecule has 0 aliphatic carbocycles. The molecule has 2 atom stereocenters. The molecule has 0 radical (unpaired) electrons. The van der Waals surface area contributed by atoms with Gasteiger partial charge < -0.3 is 20.3 Å². The van der Waals surface area contributed by atoms with Gasteiger partial charge in [-0.1, -0.05) is 211 Å². The minimum absolute atomic E-state index is 0.0306. The van der Waals surface area contributed by atoms with E-state index in [0.717, 1.165) is 77.0 Å². The van der Waals surface area contributed by atoms with Crippen LogP contribution in [0.3, 0.4) is 0 Å². The number of aliphatic hydroxyl groups is 2. The van der Waals surface area contributed by atoms with E-state index < -0.39 is 12.1 Å². The van der Waals surface area contributed by atoms with E-state index in [1.54, 1.807) is 0 Å². The average Bonchev–Trinajstić information content (AvgIpc) is 3.25. The molecule has 6 heteroatoms. The van der Waals surface area contributed by atoms with Gasteiger partial charge in [0.05, 0.1) is 25.4 Å². The van der Waals surface area contributed by atoms with Crippen LogP contribution in [-0.2, 0) is 14.3 Å². The molecule has 0 aromatic heterocycles. The standard InChI is InChI=1S/C54H101NO5/c1-3-5-7-9-11-13-15-17-22-26-30-34-38-42-46-52(57)51(50-56)55-53(58)47-43-39-35-31-27-23-20-19-21-25-29-33-37-41-45-49-60-54(59)48-44-40-36-32-28-24-18-16-14-12-10-8-6-4-2/h16,18-19,21,25,29,51-52,56-57H,3-15,17,20,22-24,26-28,30-50H2,1-2H3,(H,55,58)/b18-16-,21-19-,29-25-. The summed E-state index contributed by atoms with van der Waals surface area (Å²) in [4.78, 5) is 24.4. The van der Waals surface area contributed by atoms with Crippen molar-refractivity contribution < 1.29 is 24.5 Å². The van der Waals surface area contributed by atoms with E-state index in [1.165, 1.54) is 161 Å². The lowest BCUT2D eigenvalue weighted by Gasteiger charge is -2.22. The van der Waals surface area contributed by atoms with Gasteiger partial charge in [-0.3, -0.25) is 9.59 Å². The molecule has 0 heterocycles. The SMILES string of the molecule is CCCCCCC/C=C\CCCCCCCC(=O)OCCCCC/C=C\C=C/CCCCCCCCC(=O)NC(CO)C(O)CCCCCCCCCCCCCCCC. The van der Waals surface area contributed by atoms with Crippen LogP contribution < -0.4 is 5.32 Å². The second-order valence-electron chi connectivity index (χ2n) is 17.9. The Labute approximate surface area is 373 Å². The largest absolute Gasteiger partial charge is 0.466 e. The van der Waals surface area contributed by atoms with Crippen molar-refractivity contribution in [3.8, 4) is 0 Å². The molecular formula is C54H101NO5. The summed E-state index contributed by atoms with van der Waals surface area (Å²) >= 11 is 0. The van der Waals surface area contributed by atoms with Gasteiger partial charge in [-0.25, -0.2) is 0 Å². The number of esters is 1. The smallest absolute Gasteiger partial charge is 0.305 e. The second-order valence-corrected chi connectivity index (χ2v) is 17.9. The van der Waals surface area contributed by atoms with Crippen molar-refractivity contribution in [3.63, 3.8) is 0 Å². The van der Waals surface area contributed by atoms with Gasteiger partial charge in [0.2, 0.25) is 5.91 Å². The highest BCUT2D eigenvalue weighted by Crippen LogP contribution is 2.16. The van der Waals surface area contributed by atoms with Crippen LogP contribution in [0, 0.1) is 0 Å². The first-order valence-corrected chi connectivity index (χ1v) is 26.3. The summed E-state index contributed by atoms with van der Waals surface area (Å²) in [6.07, 6.45) is 59.7. The summed E-state index contributed by atoms with van der Waals surface area (Å²) in [5.74, 6) is -0.0888. The van der Waals surface area contributed by atoms with Gasteiger partial charge in [0.15, 0.2) is 0 Å². The molecule has 2 unspecified atom stereocenters. The molecule has 0 fully saturated rings. The second kappa shape index (κ2) is 49.7. The molecule has 0 saturated heterocycles. The van der Waals surface area contributed by atoms with Crippen molar-refractivity contribution in [2.75, 3.05) is 13.2 Å². The van der Waals surface area contributed by atoms with Crippen LogP contribution in [0.25, 0.3) is 0 Å². The molecule has 0 aliphatic heterocycles. The molecule has 0 aromatic rings. The van der Waals surface area contributed by atoms with E-state index in [-0.39, 0.29) is 18.5 Å². The molecule has 1 amide bonds. The van der Waals surface area contributed by atoms with Crippen molar-refractivity contribution in [2.45, 2.75) is 283 Å². The highest BCUT2D eigenvalue weighted by Gasteiger charge is 2.20. The lowest BCUT2D eigenvalue weighted by atomic mass is 10.0. The average molecular weight is 844 g/mol. The summed E-state index contributed by atoms with van der Waals surface area (Å²) in [5.41, 5.74) is 0. The van der Waals surface area contributed by atoms with Crippen LogP contribution in [0.1, 0.15) is 271 Å². The number of allylic oxidation sites excluding steroid dienone is 6. The maximum Gasteiger partial charge on any atom is 0.305 e. The van der Waals surface area contributed by atoms with Crippen LogP contribution in [0.4, 0.5) is 0 Å². The quantitative estimate of drug-likeness (QED) is 0.0245. The highest BCUT2D eigenvalue weighted by atomic mass is 16.5. The summed E-state index contributed by atoms with van der Waals surface area (Å²) in [5, 5.41) is 23.2. The van der Waals surface area contributed by atoms with Gasteiger partial charge in [0, 0.05) is 12.8 Å². The Balaban J connectivity index is 3.53. The van der Waals surface area contributed by atoms with Crippen LogP contribution in [0.5, 0.6) is 0 Å². The highest BCUT2D eigenvalue weighted by molar-refractivity contribution is 5.76. The molecule has 0 rings (SSSR count). The summed E-state index contributed by atoms with van der Waals surface area (Å²) in [6.45, 7) is 4.88. The zero-order valence-electron chi connectivity index (χ0n) is 39.9. The van der Waals surface area contributed by atoms with Crippen LogP contribution >= 0.6 is 0 Å². The third-order valence-electron chi connectivity index (χ3n) is 11.9. The van der Waals surface area contributed by atoms with Crippen LogP contribution in [-0.4, -0.2) is 47.4 Å². The summed E-state index contributed by atoms with van der Waals surface area (Å²) in [7, 11) is 0. The topological polar surface area (TPSA) is 95.9 Å². The minimum atomic E-state index is -0.678. The number of aliphatic hydroxyl groups excluding tert-OH is 2. The molecule has 0 saturated carbocycles. The molecule has 0 aliphatic rings. The maximum atomic E-state index is 12.4. The maximum absolute atomic E-state index is 12.4. The molecule has 352 valence electrons. The normalized spacial score (nSPS) is 12.9. The molecule has 6 nitrogen and oxygen atoms in total. The Morgan fingerprint density at radius 3 is 1.28 bits per heavy atom. The van der Waals surface area contributed by atoms with Gasteiger partial charge >= 0.3 is 5.97 Å². The predicted octanol–water partition coefficient (Wildman–Crippen LogP) is 15.7. The molecular weight excluding hydrogens is 743 g/mol. The number of ether oxygens (including phenoxy) is 1. The van der Waals surface area contributed by atoms with Crippen molar-refractivity contribution in [1.82, 2.24) is 5.32 Å². The van der Waals surface area contributed by atoms with Gasteiger partial charge in [0.1, 0.15) is 0 Å². The zero-order valence-corrected chi connectivity index (χ0v) is 39.9. The number of hydrogen-bond donors (Lipinski definition) is 3. The number of nitrogens with one attached hydrogen (secondary N) is 1. The fourth-order valence-electron chi connectivity index (χ4n) is 7.86. The predicted molar refractivity (Wildman–Crippen MR) is 259 cm³/mol. The van der Waals surface area contributed by atoms with Crippen molar-refractivity contribution in [1.29, 1.82) is 0 Å². The molecule has 3 N–H and O–H groups in total. The number of amides is 1. The Hall–Kier alpha value is -1.92. The summed E-state index contributed by atoms with van der Waals surface area (Å²) < 4.78 is 5.43. The van der Waals surface area contributed by atoms with E-state index in [9.17, 15) is 19.8 Å². The monoisotopic (exact) mass is 844 g/mol. The van der Waals surface area contributed by atoms with Crippen molar-refractivity contribution >= 4 is 11.9 Å². The van der Waals surface area contributed by atoms with E-state index in [2.05, 4.69) is 55.6 Å². The fraction of sp³-hybridized carbons (Fsp3) is 0.852. The summed E-state index contributed by atoms with van der Waals surface area (Å²) in [6, 6.07) is -0.558. The minimum Gasteiger partial charge on any atom is -0.466 e. The third kappa shape index (κ3) is 45.6. The van der Waals surface area contributed by atoms with E-state index in [4.69, 9.17) is 4.74 Å². The van der Waals surface area contributed by atoms with E-state index >= 15 is 0 Å². The van der Waals surface area contributed by atoms with Crippen LogP contribution in [0.15, 0.2) is 36.5 Å². The molecule has 0 aromatic carbocycles. The van der Waals surface area contributed by atoms with Gasteiger partial charge in [0.25, 0.3) is 0 Å². The van der Waals surface area contributed by atoms with Gasteiger partial charge in [-0.05, 0) is 83.5 Å². The third-order valence-corrected chi connectivity index (χ3v) is 11.9. The Morgan fingerprint density at radius 1 is 0.467 bits per heavy atom. The Kier molecular flexibility index (Phi) is 48.1. The number of carbonyl (C=O) groups excluding carboxylic acids is 2. The Morgan fingerprint density at radius 2 is 0.833 bits per heavy atom. The lowest BCUT2D eigenvalue weighted by molar-refractivity contribution is -0.143. The molecule has 60 heavy (non-hydrogen) atoms. The van der Waals surface area contributed by atoms with Gasteiger partial charge in [-0.2, -0.15) is 0 Å². The van der Waals surface area contributed by atoms with Gasteiger partial charge in [-0.15, -0.1) is 0 Å². The number of hydrogen-bond acceptors (Lipinski definition) is 5. The van der Waals surface area contributed by atoms with E-state index in [0.29, 0.717) is 25.9 Å². The molecule has 0 spiro atoms. The zero-order chi connectivity index (χ0) is 43.7. The number of unbranched alkanes of at least 4 members (excludes halogenated alkanes) is 32. The first-order valence-electron chi connectivity index (χ1n) is 26.3. The van der Waals surface area contributed by atoms with Crippen LogP contribution in [0.2, 0.25) is 0 Å². The van der Waals surface area contributed by atoms with Crippen molar-refractivity contribution in [2.24, 2.45) is 0 Å². The number of carbonyl (C=O) groups is 2. The Bertz CT molecular complexity index is 977. The van der Waals surface area contributed by atoms with Crippen molar-refractivity contribution in [3.05, 3.63) is 36.5 Å². The molecule has 0 bridgehead atoms. The van der Waals surface area contributed by atoms with E-state index in [1.807, 2.05) is 0 Å². The first-order chi connectivity index (χ1) is 29.5. The lowest BCUT2D eigenvalue weighted by Crippen LogP contribution is -2.45. The fourth-order valence-corrected chi connectivity index (χ4v) is 7.86. The first kappa shape index (κ1) is 58.1.